The number of rotatable bonds is 4. The Kier molecular flexibility index (Phi) is 6.24. The molecule has 4 nitrogen and oxygen atoms in total. The molecule has 1 N–H and O–H groups in total. The highest BCUT2D eigenvalue weighted by Gasteiger charge is 2.18. The van der Waals surface area contributed by atoms with Gasteiger partial charge in [0.05, 0.1) is 0 Å². The molecule has 5 heteroatoms. The molecule has 1 aromatic rings. The van der Waals surface area contributed by atoms with E-state index in [4.69, 9.17) is 0 Å². The van der Waals surface area contributed by atoms with Crippen LogP contribution in [0.5, 0.6) is 0 Å². The van der Waals surface area contributed by atoms with E-state index in [1.165, 1.54) is 44.3 Å². The van der Waals surface area contributed by atoms with Crippen LogP contribution in [0.3, 0.4) is 0 Å². The van der Waals surface area contributed by atoms with E-state index in [0.29, 0.717) is 6.04 Å². The molecule has 2 aliphatic rings. The number of aromatic nitrogens is 2. The van der Waals surface area contributed by atoms with Crippen LogP contribution in [0.15, 0.2) is 12.4 Å². The number of nitrogens with one attached hydrogen (secondary N) is 1. The second-order valence-electron chi connectivity index (χ2n) is 6.37. The maximum absolute atomic E-state index is 4.47. The number of nitrogens with zero attached hydrogens (tertiary/aromatic N) is 3. The van der Waals surface area contributed by atoms with Crippen LogP contribution in [0.25, 0.3) is 0 Å². The first-order chi connectivity index (χ1) is 9.81. The summed E-state index contributed by atoms with van der Waals surface area (Å²) in [6, 6.07) is 2.90. The standard InChI is InChI=1S/C16H26N4.ClH/c1-13-6-9-20(10-7-13)16-11-15(18-12-19-16)5-4-14-3-2-8-17-14;/h11-14,17H,2-10H2,1H3;1H. The zero-order valence-electron chi connectivity index (χ0n) is 12.9. The molecule has 2 fully saturated rings. The fourth-order valence-corrected chi connectivity index (χ4v) is 3.26. The third-order valence-electron chi connectivity index (χ3n) is 4.73. The van der Waals surface area contributed by atoms with E-state index in [1.54, 1.807) is 6.33 Å². The molecule has 1 aromatic heterocycles. The quantitative estimate of drug-likeness (QED) is 0.928. The van der Waals surface area contributed by atoms with E-state index in [1.807, 2.05) is 0 Å². The fraction of sp³-hybridized carbons (Fsp3) is 0.750. The molecule has 0 bridgehead atoms. The van der Waals surface area contributed by atoms with Crippen molar-refractivity contribution in [2.24, 2.45) is 5.92 Å². The second kappa shape index (κ2) is 7.95. The lowest BCUT2D eigenvalue weighted by Crippen LogP contribution is -2.33. The molecular formula is C16H27ClN4. The molecule has 2 saturated heterocycles. The van der Waals surface area contributed by atoms with E-state index in [-0.39, 0.29) is 12.4 Å². The molecule has 21 heavy (non-hydrogen) atoms. The average Bonchev–Trinajstić information content (AvgIpc) is 3.00. The minimum Gasteiger partial charge on any atom is -0.356 e. The Balaban J connectivity index is 0.00000161. The Morgan fingerprint density at radius 1 is 1.24 bits per heavy atom. The smallest absolute Gasteiger partial charge is 0.132 e. The third kappa shape index (κ3) is 4.55. The summed E-state index contributed by atoms with van der Waals surface area (Å²) >= 11 is 0. The van der Waals surface area contributed by atoms with E-state index in [2.05, 4.69) is 33.2 Å². The van der Waals surface area contributed by atoms with Crippen LogP contribution in [0.2, 0.25) is 0 Å². The van der Waals surface area contributed by atoms with Gasteiger partial charge in [-0.05, 0) is 51.0 Å². The van der Waals surface area contributed by atoms with Crippen molar-refractivity contribution in [1.29, 1.82) is 0 Å². The maximum Gasteiger partial charge on any atom is 0.132 e. The molecule has 0 amide bonds. The van der Waals surface area contributed by atoms with Crippen molar-refractivity contribution in [3.63, 3.8) is 0 Å². The normalized spacial score (nSPS) is 23.1. The summed E-state index contributed by atoms with van der Waals surface area (Å²) in [5.74, 6) is 1.99. The summed E-state index contributed by atoms with van der Waals surface area (Å²) in [5.41, 5.74) is 1.20. The van der Waals surface area contributed by atoms with Gasteiger partial charge in [0.2, 0.25) is 0 Å². The van der Waals surface area contributed by atoms with Crippen molar-refractivity contribution in [2.75, 3.05) is 24.5 Å². The molecule has 2 aliphatic heterocycles. The van der Waals surface area contributed by atoms with Crippen molar-refractivity contribution in [3.05, 3.63) is 18.1 Å². The summed E-state index contributed by atoms with van der Waals surface area (Å²) in [4.78, 5) is 11.3. The minimum absolute atomic E-state index is 0. The predicted molar refractivity (Wildman–Crippen MR) is 89.2 cm³/mol. The third-order valence-corrected chi connectivity index (χ3v) is 4.73. The SMILES string of the molecule is CC1CCN(c2cc(CCC3CCCN3)ncn2)CC1.Cl. The Morgan fingerprint density at radius 2 is 2.05 bits per heavy atom. The fourth-order valence-electron chi connectivity index (χ4n) is 3.26. The summed E-state index contributed by atoms with van der Waals surface area (Å²) < 4.78 is 0. The lowest BCUT2D eigenvalue weighted by Gasteiger charge is -2.31. The Bertz CT molecular complexity index is 426. The van der Waals surface area contributed by atoms with Crippen LogP contribution in [0.4, 0.5) is 5.82 Å². The molecule has 0 saturated carbocycles. The van der Waals surface area contributed by atoms with Crippen LogP contribution < -0.4 is 10.2 Å². The molecule has 0 spiro atoms. The first kappa shape index (κ1) is 16.5. The highest BCUT2D eigenvalue weighted by atomic mass is 35.5. The van der Waals surface area contributed by atoms with Crippen molar-refractivity contribution in [3.8, 4) is 0 Å². The number of anilines is 1. The minimum atomic E-state index is 0. The highest BCUT2D eigenvalue weighted by Crippen LogP contribution is 2.22. The molecule has 0 radical (unpaired) electrons. The van der Waals surface area contributed by atoms with Gasteiger partial charge in [-0.1, -0.05) is 6.92 Å². The van der Waals surface area contributed by atoms with Crippen LogP contribution in [-0.4, -0.2) is 35.6 Å². The first-order valence-electron chi connectivity index (χ1n) is 8.10. The van der Waals surface area contributed by atoms with Crippen molar-refractivity contribution in [1.82, 2.24) is 15.3 Å². The lowest BCUT2D eigenvalue weighted by atomic mass is 9.99. The van der Waals surface area contributed by atoms with Gasteiger partial charge in [-0.3, -0.25) is 0 Å². The lowest BCUT2D eigenvalue weighted by molar-refractivity contribution is 0.436. The van der Waals surface area contributed by atoms with Gasteiger partial charge >= 0.3 is 0 Å². The summed E-state index contributed by atoms with van der Waals surface area (Å²) in [6.07, 6.45) is 9.22. The molecule has 3 heterocycles. The monoisotopic (exact) mass is 310 g/mol. The summed E-state index contributed by atoms with van der Waals surface area (Å²) in [6.45, 7) is 5.81. The molecular weight excluding hydrogens is 284 g/mol. The average molecular weight is 311 g/mol. The molecule has 0 aromatic carbocycles. The molecule has 3 rings (SSSR count). The number of hydrogen-bond acceptors (Lipinski definition) is 4. The Hall–Kier alpha value is -0.870. The van der Waals surface area contributed by atoms with Gasteiger partial charge in [0, 0.05) is 30.9 Å². The van der Waals surface area contributed by atoms with Crippen LogP contribution >= 0.6 is 12.4 Å². The van der Waals surface area contributed by atoms with E-state index in [0.717, 1.165) is 31.2 Å². The Labute approximate surface area is 134 Å². The molecule has 1 unspecified atom stereocenters. The van der Waals surface area contributed by atoms with E-state index >= 15 is 0 Å². The number of aryl methyl sites for hydroxylation is 1. The molecule has 118 valence electrons. The van der Waals surface area contributed by atoms with Crippen LogP contribution in [0.1, 0.15) is 44.7 Å². The number of piperidine rings is 1. The zero-order valence-corrected chi connectivity index (χ0v) is 13.7. The summed E-state index contributed by atoms with van der Waals surface area (Å²) in [7, 11) is 0. The van der Waals surface area contributed by atoms with E-state index in [9.17, 15) is 0 Å². The highest BCUT2D eigenvalue weighted by molar-refractivity contribution is 5.85. The number of halogens is 1. The Morgan fingerprint density at radius 3 is 2.76 bits per heavy atom. The van der Waals surface area contributed by atoms with Crippen LogP contribution in [-0.2, 0) is 6.42 Å². The van der Waals surface area contributed by atoms with Gasteiger partial charge in [0.1, 0.15) is 12.1 Å². The zero-order chi connectivity index (χ0) is 13.8. The van der Waals surface area contributed by atoms with Gasteiger partial charge in [0.15, 0.2) is 0 Å². The second-order valence-corrected chi connectivity index (χ2v) is 6.37. The topological polar surface area (TPSA) is 41.0 Å². The van der Waals surface area contributed by atoms with Gasteiger partial charge in [-0.15, -0.1) is 12.4 Å². The number of hydrogen-bond donors (Lipinski definition) is 1. The molecule has 0 aliphatic carbocycles. The van der Waals surface area contributed by atoms with Gasteiger partial charge < -0.3 is 10.2 Å². The van der Waals surface area contributed by atoms with E-state index < -0.39 is 0 Å². The van der Waals surface area contributed by atoms with Crippen molar-refractivity contribution >= 4 is 18.2 Å². The first-order valence-corrected chi connectivity index (χ1v) is 8.10. The maximum atomic E-state index is 4.47. The van der Waals surface area contributed by atoms with Gasteiger partial charge in [-0.25, -0.2) is 9.97 Å². The van der Waals surface area contributed by atoms with Crippen molar-refractivity contribution in [2.45, 2.75) is 51.5 Å². The van der Waals surface area contributed by atoms with Crippen LogP contribution in [0, 0.1) is 5.92 Å². The summed E-state index contributed by atoms with van der Waals surface area (Å²) in [5, 5.41) is 3.56. The van der Waals surface area contributed by atoms with Gasteiger partial charge in [-0.2, -0.15) is 0 Å². The largest absolute Gasteiger partial charge is 0.356 e. The molecule has 1 atom stereocenters. The van der Waals surface area contributed by atoms with Crippen molar-refractivity contribution < 1.29 is 0 Å². The van der Waals surface area contributed by atoms with Gasteiger partial charge in [0.25, 0.3) is 0 Å². The predicted octanol–water partition coefficient (Wildman–Crippen LogP) is 2.82.